The minimum Gasteiger partial charge on any atom is -0.490 e. The summed E-state index contributed by atoms with van der Waals surface area (Å²) in [6.07, 6.45) is 3.60. The van der Waals surface area contributed by atoms with Crippen LogP contribution in [-0.2, 0) is 6.42 Å². The van der Waals surface area contributed by atoms with Crippen LogP contribution < -0.4 is 10.5 Å². The van der Waals surface area contributed by atoms with E-state index in [0.717, 1.165) is 25.0 Å². The van der Waals surface area contributed by atoms with Gasteiger partial charge in [-0.25, -0.2) is 0 Å². The van der Waals surface area contributed by atoms with Crippen LogP contribution in [0.1, 0.15) is 50.8 Å². The molecule has 0 fully saturated rings. The molecule has 0 saturated carbocycles. The quantitative estimate of drug-likeness (QED) is 0.864. The first-order valence-corrected chi connectivity index (χ1v) is 6.70. The standard InChI is InChI=1S/C15H23NO/c1-4-11(5-2)15(16)12-6-7-14-13(9-12)8-10(3)17-14/h6-7,9-11,15H,4-5,8,16H2,1-3H3. The first kappa shape index (κ1) is 12.4. The fourth-order valence-electron chi connectivity index (χ4n) is 2.72. The van der Waals surface area contributed by atoms with Gasteiger partial charge in [0.1, 0.15) is 11.9 Å². The van der Waals surface area contributed by atoms with E-state index in [-0.39, 0.29) is 6.04 Å². The number of ether oxygens (including phenoxy) is 1. The van der Waals surface area contributed by atoms with Crippen LogP contribution in [0.15, 0.2) is 18.2 Å². The van der Waals surface area contributed by atoms with Crippen LogP contribution in [-0.4, -0.2) is 6.10 Å². The van der Waals surface area contributed by atoms with Crippen molar-refractivity contribution in [2.24, 2.45) is 11.7 Å². The molecule has 2 nitrogen and oxygen atoms in total. The van der Waals surface area contributed by atoms with E-state index in [2.05, 4.69) is 39.0 Å². The molecule has 94 valence electrons. The number of fused-ring (bicyclic) bond motifs is 1. The highest BCUT2D eigenvalue weighted by Gasteiger charge is 2.22. The molecule has 2 heteroatoms. The zero-order valence-corrected chi connectivity index (χ0v) is 11.1. The van der Waals surface area contributed by atoms with Gasteiger partial charge in [-0.3, -0.25) is 0 Å². The number of hydrogen-bond donors (Lipinski definition) is 1. The number of rotatable bonds is 4. The summed E-state index contributed by atoms with van der Waals surface area (Å²) in [6, 6.07) is 6.60. The summed E-state index contributed by atoms with van der Waals surface area (Å²) in [7, 11) is 0. The molecule has 2 unspecified atom stereocenters. The van der Waals surface area contributed by atoms with Gasteiger partial charge in [0, 0.05) is 12.5 Å². The van der Waals surface area contributed by atoms with E-state index in [9.17, 15) is 0 Å². The van der Waals surface area contributed by atoms with Crippen LogP contribution in [0.4, 0.5) is 0 Å². The van der Waals surface area contributed by atoms with Crippen LogP contribution in [0.2, 0.25) is 0 Å². The monoisotopic (exact) mass is 233 g/mol. The Labute approximate surface area is 104 Å². The predicted octanol–water partition coefficient (Wildman–Crippen LogP) is 3.45. The van der Waals surface area contributed by atoms with Gasteiger partial charge in [-0.2, -0.15) is 0 Å². The van der Waals surface area contributed by atoms with E-state index in [1.165, 1.54) is 11.1 Å². The van der Waals surface area contributed by atoms with Crippen molar-refractivity contribution in [1.29, 1.82) is 0 Å². The number of hydrogen-bond acceptors (Lipinski definition) is 2. The Bertz CT molecular complexity index is 385. The van der Waals surface area contributed by atoms with Gasteiger partial charge < -0.3 is 10.5 Å². The molecule has 0 saturated heterocycles. The summed E-state index contributed by atoms with van der Waals surface area (Å²) in [5.41, 5.74) is 8.92. The van der Waals surface area contributed by atoms with Crippen molar-refractivity contribution in [1.82, 2.24) is 0 Å². The molecular weight excluding hydrogens is 210 g/mol. The van der Waals surface area contributed by atoms with E-state index in [1.54, 1.807) is 0 Å². The first-order valence-electron chi connectivity index (χ1n) is 6.70. The average Bonchev–Trinajstić information content (AvgIpc) is 2.69. The predicted molar refractivity (Wildman–Crippen MR) is 71.2 cm³/mol. The summed E-state index contributed by atoms with van der Waals surface area (Å²) < 4.78 is 5.71. The third kappa shape index (κ3) is 2.47. The lowest BCUT2D eigenvalue weighted by atomic mass is 9.88. The van der Waals surface area contributed by atoms with Crippen LogP contribution in [0, 0.1) is 5.92 Å². The zero-order chi connectivity index (χ0) is 12.4. The van der Waals surface area contributed by atoms with Gasteiger partial charge in [0.25, 0.3) is 0 Å². The Hall–Kier alpha value is -1.02. The normalized spacial score (nSPS) is 20.2. The highest BCUT2D eigenvalue weighted by molar-refractivity contribution is 5.41. The summed E-state index contributed by atoms with van der Waals surface area (Å²) in [5.74, 6) is 1.62. The molecule has 2 N–H and O–H groups in total. The second kappa shape index (κ2) is 5.09. The molecular formula is C15H23NO. The number of benzene rings is 1. The van der Waals surface area contributed by atoms with E-state index in [1.807, 2.05) is 0 Å². The van der Waals surface area contributed by atoms with E-state index in [0.29, 0.717) is 12.0 Å². The van der Waals surface area contributed by atoms with Crippen LogP contribution in [0.5, 0.6) is 5.75 Å². The summed E-state index contributed by atoms with van der Waals surface area (Å²) in [5, 5.41) is 0. The lowest BCUT2D eigenvalue weighted by Gasteiger charge is -2.22. The molecule has 0 aliphatic carbocycles. The topological polar surface area (TPSA) is 35.2 Å². The second-order valence-corrected chi connectivity index (χ2v) is 5.10. The summed E-state index contributed by atoms with van der Waals surface area (Å²) in [4.78, 5) is 0. The smallest absolute Gasteiger partial charge is 0.123 e. The molecule has 0 amide bonds. The lowest BCUT2D eigenvalue weighted by Crippen LogP contribution is -2.20. The van der Waals surface area contributed by atoms with Gasteiger partial charge in [-0.05, 0) is 30.0 Å². The SMILES string of the molecule is CCC(CC)C(N)c1ccc2c(c1)CC(C)O2. The fourth-order valence-corrected chi connectivity index (χ4v) is 2.72. The van der Waals surface area contributed by atoms with Gasteiger partial charge >= 0.3 is 0 Å². The summed E-state index contributed by atoms with van der Waals surface area (Å²) >= 11 is 0. The second-order valence-electron chi connectivity index (χ2n) is 5.10. The van der Waals surface area contributed by atoms with Crippen molar-refractivity contribution < 1.29 is 4.74 Å². The first-order chi connectivity index (χ1) is 8.15. The minimum absolute atomic E-state index is 0.159. The molecule has 2 atom stereocenters. The van der Waals surface area contributed by atoms with Crippen molar-refractivity contribution in [3.8, 4) is 5.75 Å². The van der Waals surface area contributed by atoms with Gasteiger partial charge in [-0.1, -0.05) is 38.8 Å². The van der Waals surface area contributed by atoms with E-state index < -0.39 is 0 Å². The summed E-state index contributed by atoms with van der Waals surface area (Å²) in [6.45, 7) is 6.54. The molecule has 1 aromatic rings. The highest BCUT2D eigenvalue weighted by Crippen LogP contribution is 2.33. The maximum Gasteiger partial charge on any atom is 0.123 e. The van der Waals surface area contributed by atoms with Crippen molar-refractivity contribution in [3.05, 3.63) is 29.3 Å². The Kier molecular flexibility index (Phi) is 3.72. The third-order valence-electron chi connectivity index (χ3n) is 3.86. The maximum absolute atomic E-state index is 6.35. The largest absolute Gasteiger partial charge is 0.490 e. The third-order valence-corrected chi connectivity index (χ3v) is 3.86. The van der Waals surface area contributed by atoms with Crippen LogP contribution in [0.3, 0.4) is 0 Å². The van der Waals surface area contributed by atoms with Crippen molar-refractivity contribution in [2.75, 3.05) is 0 Å². The maximum atomic E-state index is 6.35. The fraction of sp³-hybridized carbons (Fsp3) is 0.600. The minimum atomic E-state index is 0.159. The molecule has 0 radical (unpaired) electrons. The van der Waals surface area contributed by atoms with Gasteiger partial charge in [0.05, 0.1) is 0 Å². The average molecular weight is 233 g/mol. The number of nitrogens with two attached hydrogens (primary N) is 1. The van der Waals surface area contributed by atoms with Crippen LogP contribution >= 0.6 is 0 Å². The Morgan fingerprint density at radius 3 is 2.71 bits per heavy atom. The molecule has 1 heterocycles. The van der Waals surface area contributed by atoms with Crippen molar-refractivity contribution in [3.63, 3.8) is 0 Å². The van der Waals surface area contributed by atoms with Crippen molar-refractivity contribution >= 4 is 0 Å². The highest BCUT2D eigenvalue weighted by atomic mass is 16.5. The zero-order valence-electron chi connectivity index (χ0n) is 11.1. The van der Waals surface area contributed by atoms with E-state index >= 15 is 0 Å². The Morgan fingerprint density at radius 1 is 1.35 bits per heavy atom. The van der Waals surface area contributed by atoms with E-state index in [4.69, 9.17) is 10.5 Å². The van der Waals surface area contributed by atoms with Gasteiger partial charge in [-0.15, -0.1) is 0 Å². The lowest BCUT2D eigenvalue weighted by molar-refractivity contribution is 0.254. The Morgan fingerprint density at radius 2 is 2.06 bits per heavy atom. The Balaban J connectivity index is 2.20. The molecule has 1 aliphatic heterocycles. The van der Waals surface area contributed by atoms with Crippen LogP contribution in [0.25, 0.3) is 0 Å². The molecule has 17 heavy (non-hydrogen) atoms. The molecule has 1 aromatic carbocycles. The van der Waals surface area contributed by atoms with Gasteiger partial charge in [0.2, 0.25) is 0 Å². The molecule has 0 spiro atoms. The molecule has 0 bridgehead atoms. The van der Waals surface area contributed by atoms with Crippen molar-refractivity contribution in [2.45, 2.75) is 52.2 Å². The van der Waals surface area contributed by atoms with Gasteiger partial charge in [0.15, 0.2) is 0 Å². The molecule has 0 aromatic heterocycles. The molecule has 2 rings (SSSR count). The molecule has 1 aliphatic rings.